The van der Waals surface area contributed by atoms with Crippen LogP contribution >= 0.6 is 0 Å². The molecule has 0 saturated heterocycles. The van der Waals surface area contributed by atoms with E-state index in [4.69, 9.17) is 13.9 Å². The first-order chi connectivity index (χ1) is 9.98. The van der Waals surface area contributed by atoms with Crippen molar-refractivity contribution >= 4 is 10.5 Å². The van der Waals surface area contributed by atoms with Crippen LogP contribution in [0.4, 0.5) is 13.2 Å². The normalized spacial score (nSPS) is 11.9. The number of halogens is 3. The van der Waals surface area contributed by atoms with Gasteiger partial charge in [-0.2, -0.15) is 0 Å². The molecule has 0 fully saturated rings. The lowest BCUT2D eigenvalue weighted by atomic mass is 10.1. The van der Waals surface area contributed by atoms with E-state index < -0.39 is 23.4 Å². The van der Waals surface area contributed by atoms with Crippen molar-refractivity contribution in [1.82, 2.24) is 0 Å². The first-order valence-corrected chi connectivity index (χ1v) is 7.15. The van der Waals surface area contributed by atoms with Crippen molar-refractivity contribution in [2.24, 2.45) is 0 Å². The van der Waals surface area contributed by atoms with Crippen LogP contribution in [-0.2, 0) is 20.3 Å². The molecule has 117 valence electrons. The summed E-state index contributed by atoms with van der Waals surface area (Å²) in [5, 5.41) is 0. The smallest absolute Gasteiger partial charge is 0.272 e. The van der Waals surface area contributed by atoms with Gasteiger partial charge in [-0.05, 0) is 38.3 Å². The Labute approximate surface area is 125 Å². The van der Waals surface area contributed by atoms with E-state index in [1.54, 1.807) is 13.8 Å². The predicted molar refractivity (Wildman–Crippen MR) is 72.1 cm³/mol. The van der Waals surface area contributed by atoms with Gasteiger partial charge in [-0.1, -0.05) is 0 Å². The van der Waals surface area contributed by atoms with Crippen molar-refractivity contribution in [2.75, 3.05) is 13.2 Å². The zero-order chi connectivity index (χ0) is 15.9. The van der Waals surface area contributed by atoms with Gasteiger partial charge in [0, 0.05) is 25.7 Å². The topological polar surface area (TPSA) is 27.7 Å². The summed E-state index contributed by atoms with van der Waals surface area (Å²) >= 11 is 0. The minimum Gasteiger partial charge on any atom is -0.371 e. The average molecular weight is 319 g/mol. The molecular weight excluding hydrogens is 301 g/mol. The minimum absolute atomic E-state index is 0.102. The molecule has 0 spiro atoms. The summed E-state index contributed by atoms with van der Waals surface area (Å²) in [6, 6.07) is 1.41. The summed E-state index contributed by atoms with van der Waals surface area (Å²) in [6.07, 6.45) is 0.920. The van der Waals surface area contributed by atoms with Gasteiger partial charge in [-0.15, -0.1) is 0 Å². The Morgan fingerprint density at radius 2 is 1.57 bits per heavy atom. The third-order valence-corrected chi connectivity index (χ3v) is 3.21. The lowest BCUT2D eigenvalue weighted by Gasteiger charge is -2.31. The number of ether oxygens (including phenoxy) is 2. The first-order valence-electron chi connectivity index (χ1n) is 6.74. The fourth-order valence-electron chi connectivity index (χ4n) is 1.99. The number of benzene rings is 1. The van der Waals surface area contributed by atoms with E-state index in [-0.39, 0.29) is 12.0 Å². The van der Waals surface area contributed by atoms with Crippen LogP contribution in [-0.4, -0.2) is 29.7 Å². The van der Waals surface area contributed by atoms with Crippen LogP contribution in [0.3, 0.4) is 0 Å². The molecule has 1 rings (SSSR count). The molecule has 0 aliphatic carbocycles. The van der Waals surface area contributed by atoms with Crippen molar-refractivity contribution in [2.45, 2.75) is 39.1 Å². The molecule has 3 radical (unpaired) electrons. The largest absolute Gasteiger partial charge is 0.371 e. The Bertz CT molecular complexity index is 451. The summed E-state index contributed by atoms with van der Waals surface area (Å²) in [5.41, 5.74) is 0.102. The van der Waals surface area contributed by atoms with E-state index in [1.807, 2.05) is 0 Å². The summed E-state index contributed by atoms with van der Waals surface area (Å²) in [6.45, 7) is 4.30. The molecule has 21 heavy (non-hydrogen) atoms. The van der Waals surface area contributed by atoms with E-state index in [2.05, 4.69) is 10.5 Å². The molecule has 0 aliphatic rings. The van der Waals surface area contributed by atoms with E-state index in [9.17, 15) is 13.2 Å². The van der Waals surface area contributed by atoms with Gasteiger partial charge >= 0.3 is 0 Å². The molecule has 0 atom stereocenters. The molecule has 0 heterocycles. The molecular formula is C14H18F3O3Si. The van der Waals surface area contributed by atoms with Crippen LogP contribution in [0.5, 0.6) is 0 Å². The SMILES string of the molecule is CCOC(CCCc1cc(F)c(F)cc1F)(O[Si])OCC. The number of hydrogen-bond donors (Lipinski definition) is 0. The third-order valence-electron chi connectivity index (χ3n) is 2.90. The van der Waals surface area contributed by atoms with Gasteiger partial charge in [0.15, 0.2) is 11.6 Å². The van der Waals surface area contributed by atoms with Crippen molar-refractivity contribution in [3.05, 3.63) is 35.1 Å². The molecule has 0 saturated carbocycles. The number of aryl methyl sites for hydroxylation is 1. The lowest BCUT2D eigenvalue weighted by molar-refractivity contribution is -0.343. The van der Waals surface area contributed by atoms with Gasteiger partial charge in [0.25, 0.3) is 16.5 Å². The molecule has 0 aromatic heterocycles. The van der Waals surface area contributed by atoms with Gasteiger partial charge in [-0.25, -0.2) is 13.2 Å². The Morgan fingerprint density at radius 1 is 1.00 bits per heavy atom. The van der Waals surface area contributed by atoms with Crippen LogP contribution in [0.1, 0.15) is 32.3 Å². The molecule has 0 N–H and O–H groups in total. The highest BCUT2D eigenvalue weighted by atomic mass is 28.2. The molecule has 7 heteroatoms. The van der Waals surface area contributed by atoms with Gasteiger partial charge in [0.05, 0.1) is 0 Å². The zero-order valence-electron chi connectivity index (χ0n) is 12.0. The molecule has 3 nitrogen and oxygen atoms in total. The maximum atomic E-state index is 13.5. The van der Waals surface area contributed by atoms with Gasteiger partial charge in [0.2, 0.25) is 0 Å². The third kappa shape index (κ3) is 5.10. The van der Waals surface area contributed by atoms with Crippen LogP contribution in [0.25, 0.3) is 0 Å². The molecule has 0 amide bonds. The molecule has 0 aliphatic heterocycles. The summed E-state index contributed by atoms with van der Waals surface area (Å²) in [5.74, 6) is -4.30. The van der Waals surface area contributed by atoms with Crippen molar-refractivity contribution in [3.8, 4) is 0 Å². The van der Waals surface area contributed by atoms with Crippen LogP contribution < -0.4 is 0 Å². The highest BCUT2D eigenvalue weighted by molar-refractivity contribution is 5.98. The fraction of sp³-hybridized carbons (Fsp3) is 0.571. The van der Waals surface area contributed by atoms with Gasteiger partial charge < -0.3 is 13.9 Å². The second-order valence-corrected chi connectivity index (χ2v) is 4.57. The van der Waals surface area contributed by atoms with Crippen LogP contribution in [0, 0.1) is 17.5 Å². The second kappa shape index (κ2) is 8.53. The van der Waals surface area contributed by atoms with E-state index in [0.717, 1.165) is 6.07 Å². The quantitative estimate of drug-likeness (QED) is 0.397. The minimum atomic E-state index is -1.27. The van der Waals surface area contributed by atoms with E-state index >= 15 is 0 Å². The van der Waals surface area contributed by atoms with E-state index in [0.29, 0.717) is 32.1 Å². The highest BCUT2D eigenvalue weighted by Crippen LogP contribution is 2.23. The monoisotopic (exact) mass is 319 g/mol. The van der Waals surface area contributed by atoms with Crippen molar-refractivity contribution in [3.63, 3.8) is 0 Å². The molecule has 0 bridgehead atoms. The molecule has 1 aromatic rings. The Hall–Kier alpha value is -0.893. The van der Waals surface area contributed by atoms with Crippen molar-refractivity contribution in [1.29, 1.82) is 0 Å². The molecule has 0 unspecified atom stereocenters. The molecule has 1 aromatic carbocycles. The summed E-state index contributed by atoms with van der Waals surface area (Å²) in [7, 11) is 2.92. The number of hydrogen-bond acceptors (Lipinski definition) is 3. The van der Waals surface area contributed by atoms with Crippen LogP contribution in [0.2, 0.25) is 0 Å². The average Bonchev–Trinajstić information content (AvgIpc) is 2.44. The summed E-state index contributed by atoms with van der Waals surface area (Å²) < 4.78 is 55.3. The number of rotatable bonds is 9. The van der Waals surface area contributed by atoms with Crippen LogP contribution in [0.15, 0.2) is 12.1 Å². The first kappa shape index (κ1) is 18.2. The Balaban J connectivity index is 2.67. The highest BCUT2D eigenvalue weighted by Gasteiger charge is 2.30. The predicted octanol–water partition coefficient (Wildman–Crippen LogP) is 3.25. The Morgan fingerprint density at radius 3 is 2.10 bits per heavy atom. The standard InChI is InChI=1S/C14H18F3O3Si/c1-3-18-14(20-21,19-4-2)7-5-6-10-8-12(16)13(17)9-11(10)15/h8-9H,3-7H2,1-2H3. The maximum Gasteiger partial charge on any atom is 0.272 e. The fourth-order valence-corrected chi connectivity index (χ4v) is 2.21. The Kier molecular flexibility index (Phi) is 7.37. The van der Waals surface area contributed by atoms with E-state index in [1.165, 1.54) is 0 Å². The van der Waals surface area contributed by atoms with Gasteiger partial charge in [0.1, 0.15) is 5.82 Å². The second-order valence-electron chi connectivity index (χ2n) is 4.36. The maximum absolute atomic E-state index is 13.5. The lowest BCUT2D eigenvalue weighted by Crippen LogP contribution is -2.39. The van der Waals surface area contributed by atoms with Gasteiger partial charge in [-0.3, -0.25) is 0 Å². The summed E-state index contributed by atoms with van der Waals surface area (Å²) in [4.78, 5) is 0. The zero-order valence-corrected chi connectivity index (χ0v) is 13.0. The van der Waals surface area contributed by atoms with Crippen molar-refractivity contribution < 1.29 is 27.1 Å².